The SMILES string of the molecule is COc1ccc(C)cc1NC(=O)CN(c1cc(Cl)ccc1Cl)S(C)(=O)=O. The van der Waals surface area contributed by atoms with Gasteiger partial charge in [0.1, 0.15) is 12.3 Å². The fourth-order valence-corrected chi connectivity index (χ4v) is 3.59. The van der Waals surface area contributed by atoms with Crippen molar-refractivity contribution in [1.29, 1.82) is 0 Å². The number of amides is 1. The van der Waals surface area contributed by atoms with Gasteiger partial charge in [-0.15, -0.1) is 0 Å². The molecule has 0 fully saturated rings. The van der Waals surface area contributed by atoms with Gasteiger partial charge in [0, 0.05) is 5.02 Å². The van der Waals surface area contributed by atoms with E-state index in [-0.39, 0.29) is 10.7 Å². The number of carbonyl (C=O) groups excluding carboxylic acids is 1. The maximum atomic E-state index is 12.5. The normalized spacial score (nSPS) is 11.1. The number of halogens is 2. The predicted molar refractivity (Wildman–Crippen MR) is 105 cm³/mol. The van der Waals surface area contributed by atoms with Crippen LogP contribution in [0.2, 0.25) is 10.0 Å². The van der Waals surface area contributed by atoms with E-state index >= 15 is 0 Å². The summed E-state index contributed by atoms with van der Waals surface area (Å²) in [6.07, 6.45) is 0.991. The number of nitrogens with one attached hydrogen (secondary N) is 1. The summed E-state index contributed by atoms with van der Waals surface area (Å²) >= 11 is 12.0. The zero-order valence-corrected chi connectivity index (χ0v) is 16.7. The first-order valence-corrected chi connectivity index (χ1v) is 10.1. The highest BCUT2D eigenvalue weighted by molar-refractivity contribution is 7.92. The average molecular weight is 417 g/mol. The third-order valence-corrected chi connectivity index (χ3v) is 5.17. The molecule has 0 saturated carbocycles. The number of sulfonamides is 1. The van der Waals surface area contributed by atoms with Gasteiger partial charge in [-0.05, 0) is 42.8 Å². The Bertz CT molecular complexity index is 932. The van der Waals surface area contributed by atoms with Gasteiger partial charge in [0.2, 0.25) is 15.9 Å². The van der Waals surface area contributed by atoms with Crippen LogP contribution in [0.5, 0.6) is 5.75 Å². The van der Waals surface area contributed by atoms with Crippen LogP contribution in [-0.2, 0) is 14.8 Å². The molecule has 140 valence electrons. The standard InChI is InChI=1S/C17H18Cl2N2O4S/c1-11-4-7-16(25-2)14(8-11)20-17(22)10-21(26(3,23)24)15-9-12(18)5-6-13(15)19/h4-9H,10H2,1-3H3,(H,20,22). The molecule has 6 nitrogen and oxygen atoms in total. The van der Waals surface area contributed by atoms with Crippen LogP contribution in [0, 0.1) is 6.92 Å². The fourth-order valence-electron chi connectivity index (χ4n) is 2.30. The molecule has 0 aliphatic rings. The highest BCUT2D eigenvalue weighted by Gasteiger charge is 2.24. The highest BCUT2D eigenvalue weighted by atomic mass is 35.5. The number of nitrogens with zero attached hydrogens (tertiary/aromatic N) is 1. The smallest absolute Gasteiger partial charge is 0.245 e. The van der Waals surface area contributed by atoms with Gasteiger partial charge in [-0.2, -0.15) is 0 Å². The number of hydrogen-bond donors (Lipinski definition) is 1. The number of ether oxygens (including phenoxy) is 1. The molecule has 2 aromatic carbocycles. The molecular weight excluding hydrogens is 399 g/mol. The van der Waals surface area contributed by atoms with Crippen LogP contribution < -0.4 is 14.4 Å². The van der Waals surface area contributed by atoms with E-state index in [1.54, 1.807) is 12.1 Å². The molecule has 0 spiro atoms. The van der Waals surface area contributed by atoms with Crippen LogP contribution in [0.15, 0.2) is 36.4 Å². The summed E-state index contributed by atoms with van der Waals surface area (Å²) in [6, 6.07) is 9.68. The van der Waals surface area contributed by atoms with Gasteiger partial charge in [-0.3, -0.25) is 9.10 Å². The second-order valence-electron chi connectivity index (χ2n) is 5.62. The molecule has 0 aromatic heterocycles. The van der Waals surface area contributed by atoms with E-state index < -0.39 is 22.5 Å². The molecule has 0 radical (unpaired) electrons. The van der Waals surface area contributed by atoms with Gasteiger partial charge in [-0.1, -0.05) is 29.3 Å². The van der Waals surface area contributed by atoms with Gasteiger partial charge >= 0.3 is 0 Å². The third-order valence-electron chi connectivity index (χ3n) is 3.49. The molecule has 0 aliphatic heterocycles. The van der Waals surface area contributed by atoms with Gasteiger partial charge < -0.3 is 10.1 Å². The van der Waals surface area contributed by atoms with E-state index in [9.17, 15) is 13.2 Å². The lowest BCUT2D eigenvalue weighted by molar-refractivity contribution is -0.114. The third kappa shape index (κ3) is 5.03. The van der Waals surface area contributed by atoms with Crippen molar-refractivity contribution in [1.82, 2.24) is 0 Å². The summed E-state index contributed by atoms with van der Waals surface area (Å²) in [5.74, 6) is -0.0778. The van der Waals surface area contributed by atoms with Crippen molar-refractivity contribution in [2.45, 2.75) is 6.92 Å². The Morgan fingerprint density at radius 2 is 1.88 bits per heavy atom. The first-order chi connectivity index (χ1) is 12.1. The quantitative estimate of drug-likeness (QED) is 0.778. The lowest BCUT2D eigenvalue weighted by Gasteiger charge is -2.23. The van der Waals surface area contributed by atoms with E-state index in [2.05, 4.69) is 5.32 Å². The molecule has 0 aliphatic carbocycles. The number of methoxy groups -OCH3 is 1. The Balaban J connectivity index is 2.31. The van der Waals surface area contributed by atoms with Gasteiger partial charge in [-0.25, -0.2) is 8.42 Å². The molecule has 2 rings (SSSR count). The molecule has 0 saturated heterocycles. The lowest BCUT2D eigenvalue weighted by Crippen LogP contribution is -2.37. The van der Waals surface area contributed by atoms with E-state index in [0.29, 0.717) is 16.5 Å². The molecule has 0 bridgehead atoms. The Kier molecular flexibility index (Phi) is 6.39. The number of anilines is 2. The monoisotopic (exact) mass is 416 g/mol. The summed E-state index contributed by atoms with van der Waals surface area (Å²) in [7, 11) is -2.29. The highest BCUT2D eigenvalue weighted by Crippen LogP contribution is 2.31. The van der Waals surface area contributed by atoms with Crippen LogP contribution in [-0.4, -0.2) is 34.2 Å². The van der Waals surface area contributed by atoms with Gasteiger partial charge in [0.25, 0.3) is 0 Å². The van der Waals surface area contributed by atoms with Crippen molar-refractivity contribution in [2.24, 2.45) is 0 Å². The molecule has 9 heteroatoms. The van der Waals surface area contributed by atoms with Crippen molar-refractivity contribution in [3.63, 3.8) is 0 Å². The van der Waals surface area contributed by atoms with Crippen molar-refractivity contribution in [2.75, 3.05) is 29.5 Å². The van der Waals surface area contributed by atoms with Gasteiger partial charge in [0.05, 0.1) is 29.8 Å². The predicted octanol–water partition coefficient (Wildman–Crippen LogP) is 3.72. The second kappa shape index (κ2) is 8.16. The van der Waals surface area contributed by atoms with E-state index in [0.717, 1.165) is 16.1 Å². The molecule has 1 N–H and O–H groups in total. The molecule has 1 amide bonds. The Labute approximate surface area is 162 Å². The molecule has 0 atom stereocenters. The minimum absolute atomic E-state index is 0.132. The lowest BCUT2D eigenvalue weighted by atomic mass is 10.2. The largest absolute Gasteiger partial charge is 0.495 e. The summed E-state index contributed by atoms with van der Waals surface area (Å²) in [4.78, 5) is 12.5. The minimum Gasteiger partial charge on any atom is -0.495 e. The second-order valence-corrected chi connectivity index (χ2v) is 8.37. The van der Waals surface area contributed by atoms with Crippen molar-refractivity contribution in [3.8, 4) is 5.75 Å². The van der Waals surface area contributed by atoms with Crippen LogP contribution in [0.4, 0.5) is 11.4 Å². The van der Waals surface area contributed by atoms with Crippen molar-refractivity contribution >= 4 is 50.5 Å². The molecule has 26 heavy (non-hydrogen) atoms. The minimum atomic E-state index is -3.77. The molecule has 0 unspecified atom stereocenters. The maximum Gasteiger partial charge on any atom is 0.245 e. The zero-order valence-electron chi connectivity index (χ0n) is 14.4. The summed E-state index contributed by atoms with van der Waals surface area (Å²) in [5, 5.41) is 3.13. The van der Waals surface area contributed by atoms with Gasteiger partial charge in [0.15, 0.2) is 0 Å². The molecule has 0 heterocycles. The Morgan fingerprint density at radius 3 is 2.50 bits per heavy atom. The zero-order chi connectivity index (χ0) is 19.5. The first-order valence-electron chi connectivity index (χ1n) is 7.49. The van der Waals surface area contributed by atoms with Crippen molar-refractivity contribution in [3.05, 3.63) is 52.0 Å². The van der Waals surface area contributed by atoms with Crippen LogP contribution >= 0.6 is 23.2 Å². The molecular formula is C17H18Cl2N2O4S. The van der Waals surface area contributed by atoms with Crippen LogP contribution in [0.1, 0.15) is 5.56 Å². The fraction of sp³-hybridized carbons (Fsp3) is 0.235. The Morgan fingerprint density at radius 1 is 1.19 bits per heavy atom. The summed E-state index contributed by atoms with van der Waals surface area (Å²) in [6.45, 7) is 1.40. The number of hydrogen-bond acceptors (Lipinski definition) is 4. The number of aryl methyl sites for hydroxylation is 1. The van der Waals surface area contributed by atoms with Crippen molar-refractivity contribution < 1.29 is 17.9 Å². The maximum absolute atomic E-state index is 12.5. The summed E-state index contributed by atoms with van der Waals surface area (Å²) < 4.78 is 30.5. The van der Waals surface area contributed by atoms with E-state index in [1.165, 1.54) is 25.3 Å². The van der Waals surface area contributed by atoms with E-state index in [4.69, 9.17) is 27.9 Å². The molecule has 2 aromatic rings. The Hall–Kier alpha value is -1.96. The first kappa shape index (κ1) is 20.4. The van der Waals surface area contributed by atoms with Crippen LogP contribution in [0.25, 0.3) is 0 Å². The summed E-state index contributed by atoms with van der Waals surface area (Å²) in [5.41, 5.74) is 1.50. The van der Waals surface area contributed by atoms with Crippen LogP contribution in [0.3, 0.4) is 0 Å². The number of carbonyl (C=O) groups is 1. The number of rotatable bonds is 6. The van der Waals surface area contributed by atoms with E-state index in [1.807, 2.05) is 13.0 Å². The number of benzene rings is 2. The average Bonchev–Trinajstić information content (AvgIpc) is 2.54. The topological polar surface area (TPSA) is 75.7 Å².